The van der Waals surface area contributed by atoms with Gasteiger partial charge in [0, 0.05) is 0 Å². The number of nitrogens with one attached hydrogen (secondary N) is 1. The van der Waals surface area contributed by atoms with Crippen LogP contribution in [-0.4, -0.2) is 30.2 Å². The summed E-state index contributed by atoms with van der Waals surface area (Å²) in [6, 6.07) is 18.1. The molecule has 0 unspecified atom stereocenters. The molecule has 0 saturated carbocycles. The highest BCUT2D eigenvalue weighted by atomic mass is 35.5. The number of hydrazone groups is 1. The summed E-state index contributed by atoms with van der Waals surface area (Å²) in [5.41, 5.74) is 0.349. The van der Waals surface area contributed by atoms with Gasteiger partial charge in [-0.25, -0.2) is 4.83 Å². The summed E-state index contributed by atoms with van der Waals surface area (Å²) in [5, 5.41) is 3.66. The Hall–Kier alpha value is -3.08. The van der Waals surface area contributed by atoms with Crippen LogP contribution in [0.4, 0.5) is 0 Å². The van der Waals surface area contributed by atoms with E-state index in [9.17, 15) is 16.8 Å². The Labute approximate surface area is 185 Å². The minimum atomic E-state index is -4.14. The lowest BCUT2D eigenvalue weighted by atomic mass is 10.2. The summed E-state index contributed by atoms with van der Waals surface area (Å²) >= 11 is 6.20. The quantitative estimate of drug-likeness (QED) is 0.300. The Morgan fingerprint density at radius 2 is 1.48 bits per heavy atom. The Balaban J connectivity index is 1.83. The van der Waals surface area contributed by atoms with Crippen LogP contribution in [0.5, 0.6) is 11.5 Å². The van der Waals surface area contributed by atoms with Crippen LogP contribution in [0.2, 0.25) is 5.02 Å². The van der Waals surface area contributed by atoms with Gasteiger partial charge in [-0.2, -0.15) is 21.9 Å². The molecule has 0 amide bonds. The minimum Gasteiger partial charge on any atom is -0.493 e. The molecule has 8 nitrogen and oxygen atoms in total. The lowest BCUT2D eigenvalue weighted by Crippen LogP contribution is -2.18. The normalized spacial score (nSPS) is 11.9. The number of methoxy groups -OCH3 is 1. The number of sulfonamides is 1. The lowest BCUT2D eigenvalue weighted by molar-refractivity contribution is 0.390. The summed E-state index contributed by atoms with van der Waals surface area (Å²) in [4.78, 5) is 2.09. The van der Waals surface area contributed by atoms with Crippen LogP contribution in [0.15, 0.2) is 87.7 Å². The molecule has 3 aromatic carbocycles. The molecule has 0 atom stereocenters. The molecule has 0 aliphatic carbocycles. The van der Waals surface area contributed by atoms with E-state index in [1.54, 1.807) is 36.4 Å². The van der Waals surface area contributed by atoms with Crippen molar-refractivity contribution in [2.24, 2.45) is 5.10 Å². The van der Waals surface area contributed by atoms with Crippen molar-refractivity contribution in [2.45, 2.75) is 9.79 Å². The topological polar surface area (TPSA) is 111 Å². The fourth-order valence-corrected chi connectivity index (χ4v) is 4.56. The molecule has 0 aliphatic heterocycles. The number of ether oxygens (including phenoxy) is 1. The molecule has 11 heteroatoms. The van der Waals surface area contributed by atoms with Gasteiger partial charge in [-0.1, -0.05) is 48.0 Å². The SMILES string of the molecule is COc1cc(/C=N/NS(=O)(=O)c2ccccc2)cc(Cl)c1OS(=O)(=O)c1ccccc1. The van der Waals surface area contributed by atoms with Crippen molar-refractivity contribution < 1.29 is 25.8 Å². The van der Waals surface area contributed by atoms with Crippen molar-refractivity contribution in [1.29, 1.82) is 0 Å². The highest BCUT2D eigenvalue weighted by Gasteiger charge is 2.22. The average Bonchev–Trinajstić information content (AvgIpc) is 2.76. The third-order valence-corrected chi connectivity index (χ3v) is 6.67. The first-order chi connectivity index (χ1) is 14.7. The van der Waals surface area contributed by atoms with Crippen LogP contribution in [-0.2, 0) is 20.1 Å². The molecule has 0 radical (unpaired) electrons. The zero-order valence-corrected chi connectivity index (χ0v) is 18.5. The van der Waals surface area contributed by atoms with E-state index < -0.39 is 20.1 Å². The largest absolute Gasteiger partial charge is 0.493 e. The second kappa shape index (κ2) is 9.38. The third kappa shape index (κ3) is 5.54. The van der Waals surface area contributed by atoms with E-state index >= 15 is 0 Å². The van der Waals surface area contributed by atoms with E-state index in [-0.39, 0.29) is 26.3 Å². The van der Waals surface area contributed by atoms with Gasteiger partial charge in [0.1, 0.15) is 4.90 Å². The third-order valence-electron chi connectivity index (χ3n) is 3.92. The van der Waals surface area contributed by atoms with E-state index in [0.29, 0.717) is 5.56 Å². The van der Waals surface area contributed by atoms with Gasteiger partial charge in [0.05, 0.1) is 23.2 Å². The van der Waals surface area contributed by atoms with Gasteiger partial charge >= 0.3 is 10.1 Å². The number of rotatable bonds is 8. The number of hydrogen-bond acceptors (Lipinski definition) is 7. The van der Waals surface area contributed by atoms with Crippen molar-refractivity contribution in [3.8, 4) is 11.5 Å². The van der Waals surface area contributed by atoms with Crippen molar-refractivity contribution in [3.05, 3.63) is 83.4 Å². The fourth-order valence-electron chi connectivity index (χ4n) is 2.46. The van der Waals surface area contributed by atoms with Crippen LogP contribution >= 0.6 is 11.6 Å². The fraction of sp³-hybridized carbons (Fsp3) is 0.0500. The second-order valence-corrected chi connectivity index (χ2v) is 9.66. The molecule has 0 saturated heterocycles. The molecule has 31 heavy (non-hydrogen) atoms. The first kappa shape index (κ1) is 22.6. The molecule has 0 heterocycles. The number of hydrogen-bond donors (Lipinski definition) is 1. The lowest BCUT2D eigenvalue weighted by Gasteiger charge is -2.13. The summed E-state index contributed by atoms with van der Waals surface area (Å²) in [6.45, 7) is 0. The monoisotopic (exact) mass is 480 g/mol. The van der Waals surface area contributed by atoms with Crippen molar-refractivity contribution in [1.82, 2.24) is 4.83 Å². The molecule has 0 aromatic heterocycles. The Morgan fingerprint density at radius 1 is 0.903 bits per heavy atom. The molecule has 162 valence electrons. The maximum Gasteiger partial charge on any atom is 0.339 e. The van der Waals surface area contributed by atoms with E-state index in [1.165, 1.54) is 49.7 Å². The molecular formula is C20H17ClN2O6S2. The van der Waals surface area contributed by atoms with Crippen LogP contribution in [0.1, 0.15) is 5.56 Å². The van der Waals surface area contributed by atoms with Gasteiger partial charge in [0.25, 0.3) is 10.0 Å². The Bertz CT molecular complexity index is 1300. The van der Waals surface area contributed by atoms with Crippen LogP contribution in [0, 0.1) is 0 Å². The van der Waals surface area contributed by atoms with Crippen LogP contribution in [0.25, 0.3) is 0 Å². The molecular weight excluding hydrogens is 464 g/mol. The summed E-state index contributed by atoms with van der Waals surface area (Å²) in [5.74, 6) is -0.172. The first-order valence-electron chi connectivity index (χ1n) is 8.70. The Morgan fingerprint density at radius 3 is 2.06 bits per heavy atom. The molecule has 0 spiro atoms. The Kier molecular flexibility index (Phi) is 6.84. The highest BCUT2D eigenvalue weighted by Crippen LogP contribution is 2.38. The standard InChI is InChI=1S/C20H17ClN2O6S2/c1-28-19-13-15(14-22-23-30(24,25)16-8-4-2-5-9-16)12-18(21)20(19)29-31(26,27)17-10-6-3-7-11-17/h2-14,23H,1H3/b22-14+. The number of nitrogens with zero attached hydrogens (tertiary/aromatic N) is 1. The summed E-state index contributed by atoms with van der Waals surface area (Å²) in [7, 11) is -6.66. The molecule has 1 N–H and O–H groups in total. The molecule has 3 aromatic rings. The van der Waals surface area contributed by atoms with Crippen LogP contribution < -0.4 is 13.8 Å². The van der Waals surface area contributed by atoms with E-state index in [2.05, 4.69) is 9.93 Å². The minimum absolute atomic E-state index is 0.0272. The number of benzene rings is 3. The van der Waals surface area contributed by atoms with Gasteiger partial charge in [-0.3, -0.25) is 0 Å². The van der Waals surface area contributed by atoms with Crippen LogP contribution in [0.3, 0.4) is 0 Å². The van der Waals surface area contributed by atoms with Gasteiger partial charge in [-0.05, 0) is 42.0 Å². The van der Waals surface area contributed by atoms with Gasteiger partial charge < -0.3 is 8.92 Å². The van der Waals surface area contributed by atoms with E-state index in [1.807, 2.05) is 0 Å². The average molecular weight is 481 g/mol. The molecule has 0 fully saturated rings. The predicted molar refractivity (Wildman–Crippen MR) is 117 cm³/mol. The highest BCUT2D eigenvalue weighted by molar-refractivity contribution is 7.89. The second-order valence-electron chi connectivity index (χ2n) is 6.05. The van der Waals surface area contributed by atoms with Crippen molar-refractivity contribution in [3.63, 3.8) is 0 Å². The number of halogens is 1. The van der Waals surface area contributed by atoms with Crippen molar-refractivity contribution in [2.75, 3.05) is 7.11 Å². The van der Waals surface area contributed by atoms with Gasteiger partial charge in [-0.15, -0.1) is 0 Å². The molecule has 3 rings (SSSR count). The molecule has 0 bridgehead atoms. The maximum absolute atomic E-state index is 12.5. The summed E-state index contributed by atoms with van der Waals surface area (Å²) in [6.07, 6.45) is 1.20. The smallest absolute Gasteiger partial charge is 0.339 e. The van der Waals surface area contributed by atoms with E-state index in [4.69, 9.17) is 20.5 Å². The van der Waals surface area contributed by atoms with Gasteiger partial charge in [0.15, 0.2) is 5.75 Å². The predicted octanol–water partition coefficient (Wildman–Crippen LogP) is 3.43. The van der Waals surface area contributed by atoms with E-state index in [0.717, 1.165) is 0 Å². The summed E-state index contributed by atoms with van der Waals surface area (Å²) < 4.78 is 59.7. The maximum atomic E-state index is 12.5. The van der Waals surface area contributed by atoms with Gasteiger partial charge in [0.2, 0.25) is 5.75 Å². The van der Waals surface area contributed by atoms with Crippen molar-refractivity contribution >= 4 is 38.0 Å². The molecule has 0 aliphatic rings. The zero-order chi connectivity index (χ0) is 22.5. The first-order valence-corrected chi connectivity index (χ1v) is 12.0. The zero-order valence-electron chi connectivity index (χ0n) is 16.1.